The number of aliphatic carboxylic acids is 1. The lowest BCUT2D eigenvalue weighted by molar-refractivity contribution is -0.143. The zero-order chi connectivity index (χ0) is 21.0. The van der Waals surface area contributed by atoms with Crippen LogP contribution in [0, 0.1) is 5.41 Å². The third-order valence-corrected chi connectivity index (χ3v) is 4.09. The number of nitrogens with zero attached hydrogens (tertiary/aromatic N) is 4. The number of hydrogen-bond acceptors (Lipinski definition) is 6. The molecule has 3 rings (SSSR count). The topological polar surface area (TPSA) is 107 Å². The summed E-state index contributed by atoms with van der Waals surface area (Å²) in [6.45, 7) is 5.81. The summed E-state index contributed by atoms with van der Waals surface area (Å²) < 4.78 is 5.35. The van der Waals surface area contributed by atoms with Crippen molar-refractivity contribution in [2.24, 2.45) is 5.41 Å². The SMILES string of the molecule is CC(C)(C)C(=O)Oc1ccc(-c2nnn(Cc3ccc(CC(=O)O)cc3)n2)cc1. The lowest BCUT2D eigenvalue weighted by atomic mass is 9.97. The molecule has 1 N–H and O–H groups in total. The largest absolute Gasteiger partial charge is 0.481 e. The van der Waals surface area contributed by atoms with E-state index in [4.69, 9.17) is 9.84 Å². The fraction of sp³-hybridized carbons (Fsp3) is 0.286. The van der Waals surface area contributed by atoms with Crippen LogP contribution in [0.4, 0.5) is 0 Å². The van der Waals surface area contributed by atoms with Gasteiger partial charge in [-0.25, -0.2) is 0 Å². The first-order valence-corrected chi connectivity index (χ1v) is 9.11. The standard InChI is InChI=1S/C21H22N4O4/c1-21(2,3)20(28)29-17-10-8-16(9-11-17)19-22-24-25(23-19)13-15-6-4-14(5-7-15)12-18(26)27/h4-11H,12-13H2,1-3H3,(H,26,27). The summed E-state index contributed by atoms with van der Waals surface area (Å²) in [6.07, 6.45) is -0.00688. The van der Waals surface area contributed by atoms with Crippen molar-refractivity contribution in [2.75, 3.05) is 0 Å². The molecule has 150 valence electrons. The molecule has 0 amide bonds. The third-order valence-electron chi connectivity index (χ3n) is 4.09. The average molecular weight is 394 g/mol. The van der Waals surface area contributed by atoms with Crippen LogP contribution in [0.5, 0.6) is 5.75 Å². The van der Waals surface area contributed by atoms with Crippen molar-refractivity contribution in [3.63, 3.8) is 0 Å². The van der Waals surface area contributed by atoms with E-state index in [1.807, 2.05) is 12.1 Å². The Labute approximate surface area is 168 Å². The summed E-state index contributed by atoms with van der Waals surface area (Å²) in [5.74, 6) is -0.244. The van der Waals surface area contributed by atoms with E-state index in [1.165, 1.54) is 4.80 Å². The maximum absolute atomic E-state index is 12.0. The van der Waals surface area contributed by atoms with Gasteiger partial charge in [-0.3, -0.25) is 9.59 Å². The lowest BCUT2D eigenvalue weighted by Crippen LogP contribution is -2.25. The van der Waals surface area contributed by atoms with Crippen molar-refractivity contribution in [1.29, 1.82) is 0 Å². The van der Waals surface area contributed by atoms with Crippen molar-refractivity contribution >= 4 is 11.9 Å². The number of carbonyl (C=O) groups is 2. The first kappa shape index (κ1) is 20.2. The van der Waals surface area contributed by atoms with Gasteiger partial charge in [0.15, 0.2) is 0 Å². The molecule has 0 aliphatic carbocycles. The van der Waals surface area contributed by atoms with Gasteiger partial charge >= 0.3 is 11.9 Å². The highest BCUT2D eigenvalue weighted by Gasteiger charge is 2.23. The van der Waals surface area contributed by atoms with Crippen LogP contribution < -0.4 is 4.74 Å². The van der Waals surface area contributed by atoms with Crippen molar-refractivity contribution in [3.8, 4) is 17.1 Å². The van der Waals surface area contributed by atoms with Gasteiger partial charge in [0.1, 0.15) is 5.75 Å². The number of aromatic nitrogens is 4. The number of hydrogen-bond donors (Lipinski definition) is 1. The fourth-order valence-corrected chi connectivity index (χ4v) is 2.46. The van der Waals surface area contributed by atoms with Crippen LogP contribution >= 0.6 is 0 Å². The van der Waals surface area contributed by atoms with Crippen molar-refractivity contribution in [1.82, 2.24) is 20.2 Å². The Bertz CT molecular complexity index is 1000. The smallest absolute Gasteiger partial charge is 0.316 e. The van der Waals surface area contributed by atoms with E-state index in [0.29, 0.717) is 18.1 Å². The Morgan fingerprint density at radius 1 is 1.00 bits per heavy atom. The molecule has 8 heteroatoms. The third kappa shape index (κ3) is 5.47. The highest BCUT2D eigenvalue weighted by atomic mass is 16.5. The minimum Gasteiger partial charge on any atom is -0.481 e. The first-order valence-electron chi connectivity index (χ1n) is 9.11. The zero-order valence-corrected chi connectivity index (χ0v) is 16.5. The highest BCUT2D eigenvalue weighted by molar-refractivity contribution is 5.78. The van der Waals surface area contributed by atoms with Gasteiger partial charge in [0, 0.05) is 5.56 Å². The van der Waals surface area contributed by atoms with Crippen molar-refractivity contribution in [2.45, 2.75) is 33.7 Å². The fourth-order valence-electron chi connectivity index (χ4n) is 2.46. The monoisotopic (exact) mass is 394 g/mol. The Morgan fingerprint density at radius 3 is 2.21 bits per heavy atom. The van der Waals surface area contributed by atoms with E-state index in [9.17, 15) is 9.59 Å². The minimum absolute atomic E-state index is 0.00688. The molecule has 8 nitrogen and oxygen atoms in total. The molecule has 0 saturated heterocycles. The molecule has 0 radical (unpaired) electrons. The number of tetrazole rings is 1. The second-order valence-corrected chi connectivity index (χ2v) is 7.69. The maximum atomic E-state index is 12.0. The molecule has 3 aromatic rings. The van der Waals surface area contributed by atoms with Gasteiger partial charge < -0.3 is 9.84 Å². The summed E-state index contributed by atoms with van der Waals surface area (Å²) >= 11 is 0. The van der Waals surface area contributed by atoms with Gasteiger partial charge in [0.2, 0.25) is 5.82 Å². The Hall–Kier alpha value is -3.55. The number of esters is 1. The minimum atomic E-state index is -0.862. The molecule has 0 bridgehead atoms. The number of carboxylic acid groups (broad SMARTS) is 1. The Kier molecular flexibility index (Phi) is 5.72. The molecule has 0 unspecified atom stereocenters. The quantitative estimate of drug-likeness (QED) is 0.506. The number of ether oxygens (including phenoxy) is 1. The summed E-state index contributed by atoms with van der Waals surface area (Å²) in [6, 6.07) is 14.2. The van der Waals surface area contributed by atoms with Gasteiger partial charge in [0.05, 0.1) is 18.4 Å². The molecule has 0 spiro atoms. The van der Waals surface area contributed by atoms with Crippen LogP contribution in [0.2, 0.25) is 0 Å². The van der Waals surface area contributed by atoms with Gasteiger partial charge in [-0.15, -0.1) is 10.2 Å². The highest BCUT2D eigenvalue weighted by Crippen LogP contribution is 2.22. The van der Waals surface area contributed by atoms with Crippen LogP contribution in [0.3, 0.4) is 0 Å². The van der Waals surface area contributed by atoms with E-state index in [0.717, 1.165) is 16.7 Å². The van der Waals surface area contributed by atoms with E-state index in [2.05, 4.69) is 15.4 Å². The molecule has 1 heterocycles. The van der Waals surface area contributed by atoms with Crippen LogP contribution in [-0.2, 0) is 22.6 Å². The average Bonchev–Trinajstić information content (AvgIpc) is 3.11. The first-order chi connectivity index (χ1) is 13.7. The number of rotatable bonds is 6. The van der Waals surface area contributed by atoms with Crippen LogP contribution in [0.1, 0.15) is 31.9 Å². The zero-order valence-electron chi connectivity index (χ0n) is 16.5. The molecule has 29 heavy (non-hydrogen) atoms. The van der Waals surface area contributed by atoms with E-state index in [-0.39, 0.29) is 12.4 Å². The molecule has 0 saturated carbocycles. The van der Waals surface area contributed by atoms with Gasteiger partial charge in [0.25, 0.3) is 0 Å². The molecular formula is C21H22N4O4. The van der Waals surface area contributed by atoms with Gasteiger partial charge in [-0.05, 0) is 61.4 Å². The van der Waals surface area contributed by atoms with Crippen molar-refractivity contribution in [3.05, 3.63) is 59.7 Å². The molecule has 0 aliphatic heterocycles. The number of carboxylic acids is 1. The summed E-state index contributed by atoms with van der Waals surface area (Å²) in [5, 5.41) is 21.3. The van der Waals surface area contributed by atoms with Crippen LogP contribution in [0.25, 0.3) is 11.4 Å². The normalized spacial score (nSPS) is 11.3. The summed E-state index contributed by atoms with van der Waals surface area (Å²) in [4.78, 5) is 24.2. The Balaban J connectivity index is 1.65. The van der Waals surface area contributed by atoms with Crippen molar-refractivity contribution < 1.29 is 19.4 Å². The molecule has 0 aliphatic rings. The van der Waals surface area contributed by atoms with Gasteiger partial charge in [-0.2, -0.15) is 4.80 Å². The molecular weight excluding hydrogens is 372 g/mol. The molecule has 0 fully saturated rings. The lowest BCUT2D eigenvalue weighted by Gasteiger charge is -2.16. The molecule has 2 aromatic carbocycles. The number of benzene rings is 2. The molecule has 0 atom stereocenters. The van der Waals surface area contributed by atoms with Crippen LogP contribution in [-0.4, -0.2) is 37.3 Å². The van der Waals surface area contributed by atoms with Crippen LogP contribution in [0.15, 0.2) is 48.5 Å². The second-order valence-electron chi connectivity index (χ2n) is 7.69. The summed E-state index contributed by atoms with van der Waals surface area (Å²) in [7, 11) is 0. The van der Waals surface area contributed by atoms with E-state index < -0.39 is 11.4 Å². The number of carbonyl (C=O) groups excluding carboxylic acids is 1. The summed E-state index contributed by atoms with van der Waals surface area (Å²) in [5.41, 5.74) is 1.85. The second kappa shape index (κ2) is 8.22. The Morgan fingerprint density at radius 2 is 1.62 bits per heavy atom. The van der Waals surface area contributed by atoms with Gasteiger partial charge in [-0.1, -0.05) is 24.3 Å². The predicted octanol–water partition coefficient (Wildman–Crippen LogP) is 2.97. The predicted molar refractivity (Wildman–Crippen MR) is 105 cm³/mol. The molecule has 1 aromatic heterocycles. The van der Waals surface area contributed by atoms with E-state index >= 15 is 0 Å². The maximum Gasteiger partial charge on any atom is 0.316 e. The van der Waals surface area contributed by atoms with E-state index in [1.54, 1.807) is 57.2 Å².